The Kier molecular flexibility index (Phi) is 2.78. The Balaban J connectivity index is 2.30. The number of carbonyl (C=O) groups excluding carboxylic acids is 1. The molecule has 15 heavy (non-hydrogen) atoms. The van der Waals surface area contributed by atoms with Crippen molar-refractivity contribution in [2.45, 2.75) is 6.42 Å². The van der Waals surface area contributed by atoms with E-state index in [1.807, 2.05) is 24.3 Å². The number of para-hydroxylation sites is 2. The number of nitrogens with zero attached hydrogens (tertiary/aromatic N) is 2. The van der Waals surface area contributed by atoms with Crippen molar-refractivity contribution in [2.75, 3.05) is 18.0 Å². The van der Waals surface area contributed by atoms with Gasteiger partial charge in [0.1, 0.15) is 0 Å². The molecule has 0 saturated carbocycles. The minimum atomic E-state index is 0.0519. The van der Waals surface area contributed by atoms with Gasteiger partial charge in [-0.05, 0) is 12.1 Å². The highest BCUT2D eigenvalue weighted by Crippen LogP contribution is 2.30. The number of fused-ring (bicyclic) bond motifs is 1. The minimum absolute atomic E-state index is 0.0519. The molecular formula is C11H13N3O. The molecule has 2 rings (SSSR count). The summed E-state index contributed by atoms with van der Waals surface area (Å²) in [6.45, 7) is 0.921. The van der Waals surface area contributed by atoms with E-state index in [2.05, 4.69) is 4.99 Å². The smallest absolute Gasteiger partial charge is 0.228 e. The van der Waals surface area contributed by atoms with Gasteiger partial charge in [-0.3, -0.25) is 9.79 Å². The van der Waals surface area contributed by atoms with Crippen molar-refractivity contribution in [3.63, 3.8) is 0 Å². The fourth-order valence-electron chi connectivity index (χ4n) is 1.62. The molecular weight excluding hydrogens is 190 g/mol. The second-order valence-electron chi connectivity index (χ2n) is 3.34. The van der Waals surface area contributed by atoms with Gasteiger partial charge in [-0.15, -0.1) is 0 Å². The van der Waals surface area contributed by atoms with Crippen molar-refractivity contribution in [3.8, 4) is 0 Å². The van der Waals surface area contributed by atoms with E-state index in [1.54, 1.807) is 11.1 Å². The van der Waals surface area contributed by atoms with Crippen LogP contribution in [0.5, 0.6) is 0 Å². The van der Waals surface area contributed by atoms with E-state index in [-0.39, 0.29) is 5.91 Å². The first-order valence-corrected chi connectivity index (χ1v) is 4.95. The molecule has 0 unspecified atom stereocenters. The molecule has 1 aliphatic rings. The number of rotatable bonds is 2. The van der Waals surface area contributed by atoms with E-state index in [0.717, 1.165) is 11.4 Å². The topological polar surface area (TPSA) is 58.7 Å². The van der Waals surface area contributed by atoms with E-state index in [1.165, 1.54) is 0 Å². The summed E-state index contributed by atoms with van der Waals surface area (Å²) in [5, 5.41) is 0. The first kappa shape index (κ1) is 9.86. The minimum Gasteiger partial charge on any atom is -0.330 e. The molecule has 4 heteroatoms. The molecule has 1 aromatic rings. The number of benzene rings is 1. The van der Waals surface area contributed by atoms with Gasteiger partial charge in [0.05, 0.1) is 17.9 Å². The second-order valence-corrected chi connectivity index (χ2v) is 3.34. The molecule has 1 heterocycles. The monoisotopic (exact) mass is 203 g/mol. The lowest BCUT2D eigenvalue weighted by Crippen LogP contribution is -2.35. The summed E-state index contributed by atoms with van der Waals surface area (Å²) < 4.78 is 0. The number of carbonyl (C=O) groups is 1. The summed E-state index contributed by atoms with van der Waals surface area (Å²) >= 11 is 0. The molecule has 0 bridgehead atoms. The average molecular weight is 203 g/mol. The van der Waals surface area contributed by atoms with E-state index in [4.69, 9.17) is 5.73 Å². The van der Waals surface area contributed by atoms with Crippen LogP contribution in [0.3, 0.4) is 0 Å². The van der Waals surface area contributed by atoms with E-state index < -0.39 is 0 Å². The SMILES string of the molecule is NCCC(=O)N1CC=Nc2ccccc21. The van der Waals surface area contributed by atoms with Crippen LogP contribution in [0.15, 0.2) is 29.3 Å². The van der Waals surface area contributed by atoms with Crippen LogP contribution in [-0.2, 0) is 4.79 Å². The molecule has 1 aliphatic heterocycles. The van der Waals surface area contributed by atoms with Gasteiger partial charge in [0, 0.05) is 19.2 Å². The van der Waals surface area contributed by atoms with Crippen LogP contribution >= 0.6 is 0 Å². The molecule has 1 amide bonds. The van der Waals surface area contributed by atoms with Crippen molar-refractivity contribution >= 4 is 23.5 Å². The number of hydrogen-bond donors (Lipinski definition) is 1. The van der Waals surface area contributed by atoms with Crippen LogP contribution in [0, 0.1) is 0 Å². The van der Waals surface area contributed by atoms with Crippen LogP contribution < -0.4 is 10.6 Å². The Labute approximate surface area is 88.4 Å². The summed E-state index contributed by atoms with van der Waals surface area (Å²) in [6, 6.07) is 7.61. The van der Waals surface area contributed by atoms with Crippen molar-refractivity contribution in [1.82, 2.24) is 0 Å². The van der Waals surface area contributed by atoms with Crippen LogP contribution in [0.2, 0.25) is 0 Å². The lowest BCUT2D eigenvalue weighted by Gasteiger charge is -2.25. The first-order chi connectivity index (χ1) is 7.33. The standard InChI is InChI=1S/C11H13N3O/c12-6-5-11(15)14-8-7-13-9-3-1-2-4-10(9)14/h1-4,7H,5-6,8,12H2. The van der Waals surface area contributed by atoms with Gasteiger partial charge in [-0.2, -0.15) is 0 Å². The summed E-state index contributed by atoms with van der Waals surface area (Å²) in [6.07, 6.45) is 2.12. The highest BCUT2D eigenvalue weighted by atomic mass is 16.2. The zero-order valence-electron chi connectivity index (χ0n) is 8.39. The molecule has 0 aliphatic carbocycles. The van der Waals surface area contributed by atoms with Crippen molar-refractivity contribution in [1.29, 1.82) is 0 Å². The molecule has 0 spiro atoms. The molecule has 2 N–H and O–H groups in total. The lowest BCUT2D eigenvalue weighted by molar-refractivity contribution is -0.118. The summed E-state index contributed by atoms with van der Waals surface area (Å²) in [7, 11) is 0. The molecule has 4 nitrogen and oxygen atoms in total. The van der Waals surface area contributed by atoms with E-state index in [9.17, 15) is 4.79 Å². The Morgan fingerprint density at radius 1 is 1.47 bits per heavy atom. The zero-order chi connectivity index (χ0) is 10.7. The molecule has 0 fully saturated rings. The number of hydrogen-bond acceptors (Lipinski definition) is 3. The highest BCUT2D eigenvalue weighted by Gasteiger charge is 2.18. The predicted molar refractivity (Wildman–Crippen MR) is 60.6 cm³/mol. The van der Waals surface area contributed by atoms with Crippen molar-refractivity contribution < 1.29 is 4.79 Å². The fraction of sp³-hybridized carbons (Fsp3) is 0.273. The van der Waals surface area contributed by atoms with Gasteiger partial charge in [0.15, 0.2) is 0 Å². The van der Waals surface area contributed by atoms with Crippen LogP contribution in [-0.4, -0.2) is 25.2 Å². The normalized spacial score (nSPS) is 13.8. The van der Waals surface area contributed by atoms with Gasteiger partial charge < -0.3 is 10.6 Å². The maximum Gasteiger partial charge on any atom is 0.228 e. The summed E-state index contributed by atoms with van der Waals surface area (Å²) in [5.74, 6) is 0.0519. The third kappa shape index (κ3) is 1.89. The van der Waals surface area contributed by atoms with Crippen molar-refractivity contribution in [2.24, 2.45) is 10.7 Å². The molecule has 78 valence electrons. The molecule has 0 atom stereocenters. The third-order valence-electron chi connectivity index (χ3n) is 2.33. The molecule has 0 saturated heterocycles. The largest absolute Gasteiger partial charge is 0.330 e. The van der Waals surface area contributed by atoms with Crippen LogP contribution in [0.1, 0.15) is 6.42 Å². The third-order valence-corrected chi connectivity index (χ3v) is 2.33. The maximum atomic E-state index is 11.7. The predicted octanol–water partition coefficient (Wildman–Crippen LogP) is 1.08. The number of anilines is 1. The maximum absolute atomic E-state index is 11.7. The van der Waals surface area contributed by atoms with Gasteiger partial charge in [0.2, 0.25) is 5.91 Å². The number of amides is 1. The number of aliphatic imine (C=N–C) groups is 1. The summed E-state index contributed by atoms with van der Waals surface area (Å²) in [5.41, 5.74) is 7.09. The first-order valence-electron chi connectivity index (χ1n) is 4.95. The van der Waals surface area contributed by atoms with Gasteiger partial charge in [0.25, 0.3) is 0 Å². The second kappa shape index (κ2) is 4.23. The summed E-state index contributed by atoms with van der Waals surface area (Å²) in [4.78, 5) is 17.7. The molecule has 1 aromatic carbocycles. The Bertz CT molecular complexity index is 401. The van der Waals surface area contributed by atoms with Crippen LogP contribution in [0.4, 0.5) is 11.4 Å². The van der Waals surface area contributed by atoms with E-state index >= 15 is 0 Å². The molecule has 0 radical (unpaired) electrons. The lowest BCUT2D eigenvalue weighted by atomic mass is 10.2. The van der Waals surface area contributed by atoms with Gasteiger partial charge in [-0.1, -0.05) is 12.1 Å². The Morgan fingerprint density at radius 3 is 3.07 bits per heavy atom. The number of nitrogens with two attached hydrogens (primary N) is 1. The Morgan fingerprint density at radius 2 is 2.27 bits per heavy atom. The van der Waals surface area contributed by atoms with Gasteiger partial charge >= 0.3 is 0 Å². The van der Waals surface area contributed by atoms with E-state index in [0.29, 0.717) is 19.5 Å². The van der Waals surface area contributed by atoms with Crippen molar-refractivity contribution in [3.05, 3.63) is 24.3 Å². The van der Waals surface area contributed by atoms with Gasteiger partial charge in [-0.25, -0.2) is 0 Å². The zero-order valence-corrected chi connectivity index (χ0v) is 8.39. The quantitative estimate of drug-likeness (QED) is 0.782. The Hall–Kier alpha value is -1.68. The highest BCUT2D eigenvalue weighted by molar-refractivity contribution is 6.01. The molecule has 0 aromatic heterocycles. The average Bonchev–Trinajstić information content (AvgIpc) is 2.28. The fourth-order valence-corrected chi connectivity index (χ4v) is 1.62. The van der Waals surface area contributed by atoms with Crippen LogP contribution in [0.25, 0.3) is 0 Å².